The van der Waals surface area contributed by atoms with Crippen LogP contribution in [-0.4, -0.2) is 53.4 Å². The Bertz CT molecular complexity index is 1030. The highest BCUT2D eigenvalue weighted by Gasteiger charge is 2.27. The van der Waals surface area contributed by atoms with Crippen LogP contribution in [0.4, 0.5) is 0 Å². The van der Waals surface area contributed by atoms with Crippen molar-refractivity contribution in [1.82, 2.24) is 0 Å². The summed E-state index contributed by atoms with van der Waals surface area (Å²) in [6.07, 6.45) is 42.6. The minimum atomic E-state index is -0.849. The first-order chi connectivity index (χ1) is 26.8. The number of rotatable bonds is 38. The summed E-state index contributed by atoms with van der Waals surface area (Å²) in [6.45, 7) is 6.29. The Labute approximate surface area is 337 Å². The summed E-state index contributed by atoms with van der Waals surface area (Å²) < 4.78 is 10.6. The van der Waals surface area contributed by atoms with Crippen LogP contribution in [-0.2, 0) is 23.9 Å². The van der Waals surface area contributed by atoms with Crippen LogP contribution in [0.5, 0.6) is 0 Å². The van der Waals surface area contributed by atoms with Gasteiger partial charge in [0.2, 0.25) is 0 Å². The predicted octanol–water partition coefficient (Wildman–Crippen LogP) is 12.3. The number of esters is 2. The molecule has 0 radical (unpaired) electrons. The zero-order chi connectivity index (χ0) is 40.2. The Morgan fingerprint density at radius 1 is 0.727 bits per heavy atom. The van der Waals surface area contributed by atoms with Crippen LogP contribution in [0.3, 0.4) is 0 Å². The highest BCUT2D eigenvalue weighted by Crippen LogP contribution is 2.28. The Morgan fingerprint density at radius 2 is 1.27 bits per heavy atom. The molecule has 0 saturated carbocycles. The first-order valence-corrected chi connectivity index (χ1v) is 23.0. The monoisotopic (exact) mass is 773 g/mol. The fourth-order valence-electron chi connectivity index (χ4n) is 7.23. The summed E-state index contributed by atoms with van der Waals surface area (Å²) in [6, 6.07) is 0. The third-order valence-corrected chi connectivity index (χ3v) is 11.2. The fourth-order valence-corrected chi connectivity index (χ4v) is 7.23. The van der Waals surface area contributed by atoms with Gasteiger partial charge < -0.3 is 19.7 Å². The Hall–Kier alpha value is -2.25. The first kappa shape index (κ1) is 50.8. The quantitative estimate of drug-likeness (QED) is 0.0365. The van der Waals surface area contributed by atoms with E-state index in [0.717, 1.165) is 50.9 Å². The average molecular weight is 773 g/mol. The van der Waals surface area contributed by atoms with Crippen LogP contribution in [0.25, 0.3) is 0 Å². The van der Waals surface area contributed by atoms with Gasteiger partial charge in [-0.2, -0.15) is 0 Å². The minimum Gasteiger partial charge on any atom is -0.462 e. The number of hydrogen-bond acceptors (Lipinski definition) is 7. The lowest BCUT2D eigenvalue weighted by Gasteiger charge is -2.15. The van der Waals surface area contributed by atoms with Crippen molar-refractivity contribution in [3.8, 4) is 0 Å². The van der Waals surface area contributed by atoms with Gasteiger partial charge in [-0.15, -0.1) is 0 Å². The second kappa shape index (κ2) is 36.1. The van der Waals surface area contributed by atoms with Gasteiger partial charge in [0.25, 0.3) is 0 Å². The highest BCUT2D eigenvalue weighted by atomic mass is 16.6. The van der Waals surface area contributed by atoms with Crippen molar-refractivity contribution in [2.24, 2.45) is 17.8 Å². The lowest BCUT2D eigenvalue weighted by molar-refractivity contribution is -0.161. The van der Waals surface area contributed by atoms with Gasteiger partial charge in [0, 0.05) is 18.8 Å². The maximum atomic E-state index is 12.3. The molecular weight excluding hydrogens is 689 g/mol. The molecule has 0 amide bonds. The third-order valence-electron chi connectivity index (χ3n) is 11.2. The second-order valence-corrected chi connectivity index (χ2v) is 16.4. The maximum Gasteiger partial charge on any atom is 0.306 e. The van der Waals surface area contributed by atoms with E-state index in [1.54, 1.807) is 12.2 Å². The number of ether oxygens (including phenoxy) is 2. The Kier molecular flexibility index (Phi) is 33.3. The fraction of sp³-hybridized carbons (Fsp3) is 0.812. The van der Waals surface area contributed by atoms with E-state index < -0.39 is 24.8 Å². The maximum absolute atomic E-state index is 12.3. The Morgan fingerprint density at radius 3 is 1.84 bits per heavy atom. The topological polar surface area (TPSA) is 110 Å². The van der Waals surface area contributed by atoms with E-state index >= 15 is 0 Å². The van der Waals surface area contributed by atoms with Crippen molar-refractivity contribution in [2.45, 2.75) is 219 Å². The van der Waals surface area contributed by atoms with Crippen LogP contribution in [0, 0.1) is 17.8 Å². The molecule has 0 aromatic carbocycles. The molecule has 0 fully saturated rings. The third kappa shape index (κ3) is 29.6. The zero-order valence-electron chi connectivity index (χ0n) is 35.7. The molecule has 0 saturated heterocycles. The molecule has 0 bridgehead atoms. The molecule has 0 aliphatic heterocycles. The second-order valence-electron chi connectivity index (χ2n) is 16.4. The van der Waals surface area contributed by atoms with E-state index in [9.17, 15) is 24.6 Å². The smallest absolute Gasteiger partial charge is 0.306 e. The minimum absolute atomic E-state index is 0.0724. The molecular formula is C48H84O7. The molecule has 0 aromatic heterocycles. The first-order valence-electron chi connectivity index (χ1n) is 23.0. The van der Waals surface area contributed by atoms with E-state index in [4.69, 9.17) is 9.47 Å². The van der Waals surface area contributed by atoms with Crippen molar-refractivity contribution >= 4 is 17.7 Å². The number of ketones is 1. The van der Waals surface area contributed by atoms with Gasteiger partial charge in [0.1, 0.15) is 6.61 Å². The summed E-state index contributed by atoms with van der Waals surface area (Å²) in [5.41, 5.74) is 0. The van der Waals surface area contributed by atoms with Crippen molar-refractivity contribution in [1.29, 1.82) is 0 Å². The average Bonchev–Trinajstić information content (AvgIpc) is 3.54. The molecule has 5 atom stereocenters. The largest absolute Gasteiger partial charge is 0.462 e. The van der Waals surface area contributed by atoms with Crippen LogP contribution >= 0.6 is 0 Å². The van der Waals surface area contributed by atoms with Crippen LogP contribution < -0.4 is 0 Å². The lowest BCUT2D eigenvalue weighted by atomic mass is 9.90. The molecule has 0 spiro atoms. The van der Waals surface area contributed by atoms with Crippen LogP contribution in [0.1, 0.15) is 207 Å². The molecule has 0 aromatic rings. The summed E-state index contributed by atoms with van der Waals surface area (Å²) >= 11 is 0. The van der Waals surface area contributed by atoms with Gasteiger partial charge in [-0.1, -0.05) is 192 Å². The molecule has 1 aliphatic rings. The summed E-state index contributed by atoms with van der Waals surface area (Å²) in [7, 11) is 0. The number of carbonyl (C=O) groups is 3. The van der Waals surface area contributed by atoms with E-state index in [0.29, 0.717) is 25.7 Å². The van der Waals surface area contributed by atoms with Gasteiger partial charge in [0.15, 0.2) is 11.9 Å². The standard InChI is InChI=1S/C48H84O7/c1-4-6-25-32-43(50)36-37-45-42(35-38-46(45)51)31-27-23-24-29-34-48(53)55-44(39-49)40-54-47(52)33-28-22-20-18-16-14-12-10-8-7-9-11-13-15-17-19-21-26-30-41(3)5-2/h23,27,35-38,41-45,49-50H,4-22,24-26,28-34,39-40H2,1-3H3/b27-23-,37-36+/t41?,42-,43-,44-,45+/m0/s1. The highest BCUT2D eigenvalue weighted by molar-refractivity contribution is 5.95. The SMILES string of the molecule is CCCCC[C@H](O)/C=C/[C@H]1C(=O)C=C[C@@H]1C/C=C\CCCC(=O)O[C@@H](CO)COC(=O)CCCCCCCCCCCCCCCCCCCCC(C)CC. The van der Waals surface area contributed by atoms with E-state index in [1.807, 2.05) is 24.3 Å². The van der Waals surface area contributed by atoms with Gasteiger partial charge in [-0.3, -0.25) is 14.4 Å². The van der Waals surface area contributed by atoms with E-state index in [2.05, 4.69) is 20.8 Å². The van der Waals surface area contributed by atoms with E-state index in [1.165, 1.54) is 109 Å². The zero-order valence-corrected chi connectivity index (χ0v) is 35.7. The number of aliphatic hydroxyl groups excluding tert-OH is 2. The van der Waals surface area contributed by atoms with Crippen molar-refractivity contribution in [3.63, 3.8) is 0 Å². The summed E-state index contributed by atoms with van der Waals surface area (Å²) in [5, 5.41) is 19.8. The van der Waals surface area contributed by atoms with E-state index in [-0.39, 0.29) is 36.6 Å². The number of carbonyl (C=O) groups excluding carboxylic acids is 3. The lowest BCUT2D eigenvalue weighted by Crippen LogP contribution is -2.28. The number of allylic oxidation sites excluding steroid dienone is 5. The molecule has 1 rings (SSSR count). The molecule has 0 heterocycles. The summed E-state index contributed by atoms with van der Waals surface area (Å²) in [5.74, 6) is 0.0780. The number of aliphatic hydroxyl groups is 2. The van der Waals surface area contributed by atoms with Crippen LogP contribution in [0.15, 0.2) is 36.5 Å². The van der Waals surface area contributed by atoms with Crippen molar-refractivity contribution in [3.05, 3.63) is 36.5 Å². The number of unbranched alkanes of at least 4 members (excludes halogenated alkanes) is 20. The van der Waals surface area contributed by atoms with Gasteiger partial charge in [0.05, 0.1) is 12.7 Å². The van der Waals surface area contributed by atoms with Gasteiger partial charge in [-0.25, -0.2) is 0 Å². The predicted molar refractivity (Wildman–Crippen MR) is 228 cm³/mol. The molecule has 55 heavy (non-hydrogen) atoms. The Balaban J connectivity index is 1.98. The van der Waals surface area contributed by atoms with Gasteiger partial charge in [-0.05, 0) is 50.0 Å². The van der Waals surface area contributed by atoms with Crippen LogP contribution in [0.2, 0.25) is 0 Å². The van der Waals surface area contributed by atoms with Crippen molar-refractivity contribution < 1.29 is 34.1 Å². The molecule has 7 heteroatoms. The molecule has 1 unspecified atom stereocenters. The summed E-state index contributed by atoms with van der Waals surface area (Å²) in [4.78, 5) is 36.8. The molecule has 318 valence electrons. The molecule has 1 aliphatic carbocycles. The number of hydrogen-bond donors (Lipinski definition) is 2. The van der Waals surface area contributed by atoms with Crippen molar-refractivity contribution in [2.75, 3.05) is 13.2 Å². The normalized spacial score (nSPS) is 17.4. The molecule has 2 N–H and O–H groups in total. The molecule has 7 nitrogen and oxygen atoms in total. The van der Waals surface area contributed by atoms with Gasteiger partial charge >= 0.3 is 11.9 Å².